The summed E-state index contributed by atoms with van der Waals surface area (Å²) in [5, 5.41) is 13.7. The number of amides is 2. The van der Waals surface area contributed by atoms with E-state index in [1.54, 1.807) is 24.3 Å². The molecule has 1 atom stereocenters. The molecule has 0 saturated carbocycles. The topological polar surface area (TPSA) is 102 Å². The summed E-state index contributed by atoms with van der Waals surface area (Å²) in [5.74, 6) is -0.368. The van der Waals surface area contributed by atoms with Gasteiger partial charge in [0.15, 0.2) is 6.10 Å². The number of nitro benzene ring substituents is 1. The lowest BCUT2D eigenvalue weighted by Crippen LogP contribution is -2.50. The summed E-state index contributed by atoms with van der Waals surface area (Å²) >= 11 is 0. The van der Waals surface area contributed by atoms with E-state index in [1.165, 1.54) is 37.1 Å². The highest BCUT2D eigenvalue weighted by molar-refractivity contribution is 6.09. The number of nitrogens with zero attached hydrogens (tertiary/aromatic N) is 2. The number of ether oxygens (including phenoxy) is 1. The van der Waals surface area contributed by atoms with Crippen LogP contribution < -0.4 is 15.0 Å². The van der Waals surface area contributed by atoms with Crippen molar-refractivity contribution < 1.29 is 19.2 Å². The predicted octanol–water partition coefficient (Wildman–Crippen LogP) is 2.06. The lowest BCUT2D eigenvalue weighted by Gasteiger charge is -2.34. The maximum Gasteiger partial charge on any atom is 0.273 e. The summed E-state index contributed by atoms with van der Waals surface area (Å²) in [7, 11) is 1.49. The van der Waals surface area contributed by atoms with E-state index in [9.17, 15) is 19.7 Å². The Morgan fingerprint density at radius 1 is 1.23 bits per heavy atom. The molecule has 0 saturated heterocycles. The van der Waals surface area contributed by atoms with Crippen LogP contribution in [0.4, 0.5) is 11.4 Å². The fourth-order valence-corrected chi connectivity index (χ4v) is 2.92. The molecule has 1 aliphatic heterocycles. The zero-order valence-corrected chi connectivity index (χ0v) is 14.3. The molecule has 8 nitrogen and oxygen atoms in total. The third-order valence-electron chi connectivity index (χ3n) is 4.29. The number of hydrogen-bond acceptors (Lipinski definition) is 5. The monoisotopic (exact) mass is 355 g/mol. The number of anilines is 1. The summed E-state index contributed by atoms with van der Waals surface area (Å²) in [6.45, 7) is 1.55. The van der Waals surface area contributed by atoms with Crippen molar-refractivity contribution in [2.24, 2.45) is 0 Å². The molecule has 8 heteroatoms. The summed E-state index contributed by atoms with van der Waals surface area (Å²) in [6.07, 6.45) is -0.863. The van der Waals surface area contributed by atoms with Crippen LogP contribution in [0, 0.1) is 17.0 Å². The van der Waals surface area contributed by atoms with Gasteiger partial charge in [-0.1, -0.05) is 18.2 Å². The van der Waals surface area contributed by atoms with Crippen molar-refractivity contribution in [1.29, 1.82) is 0 Å². The normalized spacial score (nSPS) is 15.6. The van der Waals surface area contributed by atoms with Gasteiger partial charge in [0.1, 0.15) is 5.75 Å². The Kier molecular flexibility index (Phi) is 4.57. The second-order valence-electron chi connectivity index (χ2n) is 5.81. The van der Waals surface area contributed by atoms with Gasteiger partial charge in [-0.2, -0.15) is 0 Å². The van der Waals surface area contributed by atoms with Crippen molar-refractivity contribution in [3.8, 4) is 5.75 Å². The lowest BCUT2D eigenvalue weighted by atomic mass is 10.0. The summed E-state index contributed by atoms with van der Waals surface area (Å²) in [6, 6.07) is 11.2. The molecule has 0 fully saturated rings. The summed E-state index contributed by atoms with van der Waals surface area (Å²) in [4.78, 5) is 37.2. The number of nitro groups is 1. The van der Waals surface area contributed by atoms with E-state index < -0.39 is 16.9 Å². The van der Waals surface area contributed by atoms with Gasteiger partial charge >= 0.3 is 0 Å². The summed E-state index contributed by atoms with van der Waals surface area (Å²) in [5.41, 5.74) is 0.887. The molecule has 0 radical (unpaired) electrons. The third kappa shape index (κ3) is 2.97. The van der Waals surface area contributed by atoms with E-state index in [4.69, 9.17) is 4.74 Å². The average Bonchev–Trinajstić information content (AvgIpc) is 2.65. The van der Waals surface area contributed by atoms with Gasteiger partial charge in [0, 0.05) is 24.2 Å². The molecule has 0 unspecified atom stereocenters. The van der Waals surface area contributed by atoms with Crippen molar-refractivity contribution in [2.75, 3.05) is 18.5 Å². The molecule has 0 spiro atoms. The number of nitrogens with one attached hydrogen (secondary N) is 1. The number of benzene rings is 2. The van der Waals surface area contributed by atoms with Crippen molar-refractivity contribution in [2.45, 2.75) is 13.0 Å². The molecule has 3 rings (SSSR count). The van der Waals surface area contributed by atoms with Crippen LogP contribution in [0.5, 0.6) is 5.75 Å². The van der Waals surface area contributed by atoms with Crippen LogP contribution in [0.2, 0.25) is 0 Å². The smallest absolute Gasteiger partial charge is 0.273 e. The van der Waals surface area contributed by atoms with Crippen molar-refractivity contribution in [3.05, 3.63) is 63.7 Å². The molecule has 1 N–H and O–H groups in total. The van der Waals surface area contributed by atoms with Crippen LogP contribution in [0.25, 0.3) is 0 Å². The van der Waals surface area contributed by atoms with Gasteiger partial charge in [-0.25, -0.2) is 0 Å². The van der Waals surface area contributed by atoms with E-state index in [0.29, 0.717) is 11.4 Å². The van der Waals surface area contributed by atoms with Crippen LogP contribution in [0.15, 0.2) is 42.5 Å². The van der Waals surface area contributed by atoms with Crippen LogP contribution in [0.1, 0.15) is 15.9 Å². The minimum absolute atomic E-state index is 0.0116. The van der Waals surface area contributed by atoms with Crippen LogP contribution in [-0.2, 0) is 4.79 Å². The Morgan fingerprint density at radius 3 is 2.65 bits per heavy atom. The van der Waals surface area contributed by atoms with E-state index in [2.05, 4.69) is 5.32 Å². The number of rotatable bonds is 3. The molecule has 2 aromatic rings. The molecule has 0 bridgehead atoms. The minimum atomic E-state index is -0.863. The van der Waals surface area contributed by atoms with Crippen molar-refractivity contribution >= 4 is 23.2 Å². The molecule has 0 aliphatic carbocycles. The second-order valence-corrected chi connectivity index (χ2v) is 5.81. The molecule has 134 valence electrons. The zero-order chi connectivity index (χ0) is 18.8. The van der Waals surface area contributed by atoms with Crippen LogP contribution in [-0.4, -0.2) is 36.4 Å². The Bertz CT molecular complexity index is 896. The van der Waals surface area contributed by atoms with Gasteiger partial charge < -0.3 is 15.0 Å². The fraction of sp³-hybridized carbons (Fsp3) is 0.222. The van der Waals surface area contributed by atoms with Crippen molar-refractivity contribution in [1.82, 2.24) is 5.32 Å². The highest BCUT2D eigenvalue weighted by Gasteiger charge is 2.34. The van der Waals surface area contributed by atoms with E-state index in [1.807, 2.05) is 0 Å². The maximum atomic E-state index is 13.1. The van der Waals surface area contributed by atoms with Gasteiger partial charge in [-0.15, -0.1) is 0 Å². The second kappa shape index (κ2) is 6.83. The Balaban J connectivity index is 2.05. The first-order chi connectivity index (χ1) is 12.4. The quantitative estimate of drug-likeness (QED) is 0.671. The standard InChI is InChI=1S/C18H17N3O5/c1-11-12(6-5-8-13(11)21(24)25)18(23)20-10-16(17(22)19-2)26-15-9-4-3-7-14(15)20/h3-9,16H,10H2,1-2H3,(H,19,22)/t16-/m1/s1. The predicted molar refractivity (Wildman–Crippen MR) is 94.4 cm³/mol. The molecule has 1 aliphatic rings. The Hall–Kier alpha value is -3.42. The average molecular weight is 355 g/mol. The number of fused-ring (bicyclic) bond motifs is 1. The van der Waals surface area contributed by atoms with Crippen LogP contribution in [0.3, 0.4) is 0 Å². The first kappa shape index (κ1) is 17.4. The number of likely N-dealkylation sites (N-methyl/N-ethyl adjacent to an activating group) is 1. The first-order valence-electron chi connectivity index (χ1n) is 7.97. The maximum absolute atomic E-state index is 13.1. The van der Waals surface area contributed by atoms with E-state index in [0.717, 1.165) is 0 Å². The number of hydrogen-bond donors (Lipinski definition) is 1. The fourth-order valence-electron chi connectivity index (χ4n) is 2.92. The van der Waals surface area contributed by atoms with Gasteiger partial charge in [0.05, 0.1) is 17.2 Å². The number of carbonyl (C=O) groups excluding carboxylic acids is 2. The Morgan fingerprint density at radius 2 is 1.96 bits per heavy atom. The molecule has 1 heterocycles. The molecular weight excluding hydrogens is 338 g/mol. The SMILES string of the molecule is CNC(=O)[C@H]1CN(C(=O)c2cccc([N+](=O)[O-])c2C)c2ccccc2O1. The van der Waals surface area contributed by atoms with Gasteiger partial charge in [-0.3, -0.25) is 19.7 Å². The minimum Gasteiger partial charge on any atom is -0.477 e. The molecule has 26 heavy (non-hydrogen) atoms. The highest BCUT2D eigenvalue weighted by atomic mass is 16.6. The first-order valence-corrected chi connectivity index (χ1v) is 7.97. The molecular formula is C18H17N3O5. The molecule has 2 aromatic carbocycles. The van der Waals surface area contributed by atoms with E-state index >= 15 is 0 Å². The zero-order valence-electron chi connectivity index (χ0n) is 14.3. The van der Waals surface area contributed by atoms with Gasteiger partial charge in [0.25, 0.3) is 17.5 Å². The van der Waals surface area contributed by atoms with E-state index in [-0.39, 0.29) is 29.3 Å². The summed E-state index contributed by atoms with van der Waals surface area (Å²) < 4.78 is 5.68. The largest absolute Gasteiger partial charge is 0.477 e. The lowest BCUT2D eigenvalue weighted by molar-refractivity contribution is -0.385. The Labute approximate surface area is 149 Å². The number of carbonyl (C=O) groups is 2. The highest BCUT2D eigenvalue weighted by Crippen LogP contribution is 2.35. The van der Waals surface area contributed by atoms with Gasteiger partial charge in [-0.05, 0) is 25.1 Å². The van der Waals surface area contributed by atoms with Crippen LogP contribution >= 0.6 is 0 Å². The van der Waals surface area contributed by atoms with Crippen molar-refractivity contribution in [3.63, 3.8) is 0 Å². The molecule has 0 aromatic heterocycles. The third-order valence-corrected chi connectivity index (χ3v) is 4.29. The number of para-hydroxylation sites is 2. The van der Waals surface area contributed by atoms with Gasteiger partial charge in [0.2, 0.25) is 0 Å². The molecule has 2 amide bonds.